The van der Waals surface area contributed by atoms with Crippen molar-refractivity contribution >= 4 is 17.8 Å². The Labute approximate surface area is 175 Å². The zero-order valence-corrected chi connectivity index (χ0v) is 17.0. The third kappa shape index (κ3) is 5.09. The van der Waals surface area contributed by atoms with Gasteiger partial charge in [0.15, 0.2) is 0 Å². The van der Waals surface area contributed by atoms with Gasteiger partial charge in [0.25, 0.3) is 5.91 Å². The van der Waals surface area contributed by atoms with Gasteiger partial charge in [-0.25, -0.2) is 9.18 Å². The number of hydrogen-bond donors (Lipinski definition) is 4. The first-order valence-electron chi connectivity index (χ1n) is 10.7. The highest BCUT2D eigenvalue weighted by Gasteiger charge is 2.51. The van der Waals surface area contributed by atoms with Crippen molar-refractivity contribution < 1.29 is 18.8 Å². The Morgan fingerprint density at radius 1 is 0.867 bits per heavy atom. The van der Waals surface area contributed by atoms with E-state index in [1.165, 1.54) is 31.4 Å². The number of urea groups is 1. The van der Waals surface area contributed by atoms with Gasteiger partial charge in [-0.15, -0.1) is 0 Å². The van der Waals surface area contributed by atoms with Crippen molar-refractivity contribution in [2.45, 2.75) is 51.5 Å². The molecular weight excluding hydrogens is 387 g/mol. The predicted molar refractivity (Wildman–Crippen MR) is 108 cm³/mol. The van der Waals surface area contributed by atoms with Crippen LogP contribution in [0.2, 0.25) is 0 Å². The molecule has 4 bridgehead atoms. The molecule has 4 saturated carbocycles. The third-order valence-corrected chi connectivity index (χ3v) is 6.82. The molecule has 4 amide bonds. The fourth-order valence-corrected chi connectivity index (χ4v) is 6.08. The van der Waals surface area contributed by atoms with Gasteiger partial charge in [0.05, 0.1) is 0 Å². The lowest BCUT2D eigenvalue weighted by Crippen LogP contribution is -2.51. The van der Waals surface area contributed by atoms with Crippen LogP contribution in [0, 0.1) is 29.0 Å². The van der Waals surface area contributed by atoms with Crippen molar-refractivity contribution in [3.63, 3.8) is 0 Å². The molecule has 1 aromatic carbocycles. The molecule has 0 unspecified atom stereocenters. The molecule has 0 spiro atoms. The first-order valence-corrected chi connectivity index (χ1v) is 10.7. The fraction of sp³-hybridized carbons (Fsp3) is 0.591. The number of carbonyl (C=O) groups excluding carboxylic acids is 3. The molecule has 30 heavy (non-hydrogen) atoms. The first-order chi connectivity index (χ1) is 14.4. The van der Waals surface area contributed by atoms with Crippen LogP contribution in [-0.2, 0) is 16.1 Å². The second kappa shape index (κ2) is 8.62. The number of carbonyl (C=O) groups is 3. The van der Waals surface area contributed by atoms with Crippen molar-refractivity contribution in [2.24, 2.45) is 23.2 Å². The van der Waals surface area contributed by atoms with E-state index in [0.717, 1.165) is 42.6 Å². The van der Waals surface area contributed by atoms with Gasteiger partial charge < -0.3 is 10.6 Å². The predicted octanol–water partition coefficient (Wildman–Crippen LogP) is 2.38. The smallest absolute Gasteiger partial charge is 0.315 e. The summed E-state index contributed by atoms with van der Waals surface area (Å²) in [6.07, 6.45) is 7.84. The molecule has 5 rings (SSSR count). The number of nitrogens with one attached hydrogen (secondary N) is 4. The Morgan fingerprint density at radius 3 is 2.03 bits per heavy atom. The molecule has 1 aromatic rings. The molecular formula is C22H29FN4O3. The molecule has 0 saturated heterocycles. The van der Waals surface area contributed by atoms with E-state index in [1.807, 2.05) is 0 Å². The molecule has 8 heteroatoms. The highest BCUT2D eigenvalue weighted by atomic mass is 19.1. The molecule has 0 radical (unpaired) electrons. The topological polar surface area (TPSA) is 99.3 Å². The summed E-state index contributed by atoms with van der Waals surface area (Å²) in [5.74, 6) is 1.32. The van der Waals surface area contributed by atoms with E-state index in [-0.39, 0.29) is 30.2 Å². The number of halogens is 1. The van der Waals surface area contributed by atoms with E-state index in [0.29, 0.717) is 6.42 Å². The number of rotatable bonds is 6. The van der Waals surface area contributed by atoms with Gasteiger partial charge >= 0.3 is 6.03 Å². The van der Waals surface area contributed by atoms with Gasteiger partial charge in [-0.3, -0.25) is 20.4 Å². The van der Waals surface area contributed by atoms with Crippen LogP contribution >= 0.6 is 0 Å². The van der Waals surface area contributed by atoms with Crippen LogP contribution in [-0.4, -0.2) is 24.4 Å². The minimum atomic E-state index is -0.519. The lowest BCUT2D eigenvalue weighted by atomic mass is 9.49. The maximum absolute atomic E-state index is 12.9. The largest absolute Gasteiger partial charge is 0.334 e. The molecule has 0 aliphatic heterocycles. The van der Waals surface area contributed by atoms with Crippen LogP contribution in [0.15, 0.2) is 24.3 Å². The second-order valence-electron chi connectivity index (χ2n) is 9.35. The van der Waals surface area contributed by atoms with Crippen LogP contribution in [0.4, 0.5) is 9.18 Å². The average molecular weight is 416 g/mol. The number of benzene rings is 1. The Bertz CT molecular complexity index is 776. The Hall–Kier alpha value is -2.64. The highest BCUT2D eigenvalue weighted by molar-refractivity contribution is 5.86. The highest BCUT2D eigenvalue weighted by Crippen LogP contribution is 2.61. The Morgan fingerprint density at radius 2 is 1.43 bits per heavy atom. The second-order valence-corrected chi connectivity index (χ2v) is 9.35. The third-order valence-electron chi connectivity index (χ3n) is 6.82. The van der Waals surface area contributed by atoms with Crippen molar-refractivity contribution in [1.82, 2.24) is 21.5 Å². The zero-order valence-electron chi connectivity index (χ0n) is 17.0. The lowest BCUT2D eigenvalue weighted by Gasteiger charge is -2.56. The van der Waals surface area contributed by atoms with E-state index < -0.39 is 11.9 Å². The summed E-state index contributed by atoms with van der Waals surface area (Å²) >= 11 is 0. The minimum Gasteiger partial charge on any atom is -0.334 e. The molecule has 4 N–H and O–H groups in total. The van der Waals surface area contributed by atoms with E-state index in [9.17, 15) is 18.8 Å². The van der Waals surface area contributed by atoms with Crippen molar-refractivity contribution in [3.8, 4) is 0 Å². The van der Waals surface area contributed by atoms with Crippen LogP contribution < -0.4 is 21.5 Å². The summed E-state index contributed by atoms with van der Waals surface area (Å²) < 4.78 is 12.9. The molecule has 162 valence electrons. The number of hydrogen-bond acceptors (Lipinski definition) is 3. The Balaban J connectivity index is 1.13. The molecule has 7 nitrogen and oxygen atoms in total. The van der Waals surface area contributed by atoms with E-state index in [1.54, 1.807) is 12.1 Å². The summed E-state index contributed by atoms with van der Waals surface area (Å²) in [7, 11) is 0. The van der Waals surface area contributed by atoms with E-state index >= 15 is 0 Å². The summed E-state index contributed by atoms with van der Waals surface area (Å²) in [4.78, 5) is 36.1. The molecule has 4 aliphatic carbocycles. The maximum atomic E-state index is 12.9. The maximum Gasteiger partial charge on any atom is 0.315 e. The number of amides is 4. The van der Waals surface area contributed by atoms with Gasteiger partial charge in [0.1, 0.15) is 12.4 Å². The normalized spacial score (nSPS) is 28.6. The standard InChI is InChI=1S/C22H29FN4O3/c23-18-3-1-14(2-4-18)12-24-21(30)25-13-20(29)27-26-19(28)11-22-8-15-5-16(9-22)7-17(6-15)10-22/h1-4,15-17H,5-13H2,(H,26,28)(H,27,29)(H2,24,25,30). The van der Waals surface area contributed by atoms with Crippen molar-refractivity contribution in [3.05, 3.63) is 35.6 Å². The van der Waals surface area contributed by atoms with Gasteiger partial charge in [0, 0.05) is 13.0 Å². The summed E-state index contributed by atoms with van der Waals surface area (Å²) in [5, 5.41) is 5.01. The minimum absolute atomic E-state index is 0.113. The van der Waals surface area contributed by atoms with Gasteiger partial charge in [-0.2, -0.15) is 0 Å². The molecule has 4 fully saturated rings. The first kappa shape index (κ1) is 20.6. The zero-order chi connectivity index (χ0) is 21.1. The van der Waals surface area contributed by atoms with Gasteiger partial charge in [0.2, 0.25) is 5.91 Å². The molecule has 0 heterocycles. The van der Waals surface area contributed by atoms with Gasteiger partial charge in [-0.1, -0.05) is 12.1 Å². The summed E-state index contributed by atoms with van der Waals surface area (Å²) in [5.41, 5.74) is 5.73. The molecule has 4 aliphatic rings. The van der Waals surface area contributed by atoms with Crippen molar-refractivity contribution in [2.75, 3.05) is 6.54 Å². The number of hydrazine groups is 1. The van der Waals surface area contributed by atoms with Gasteiger partial charge in [-0.05, 0) is 79.4 Å². The SMILES string of the molecule is O=C(CNC(=O)NCc1ccc(F)cc1)NNC(=O)CC12CC3CC(CC(C3)C1)C2. The fourth-order valence-electron chi connectivity index (χ4n) is 6.08. The summed E-state index contributed by atoms with van der Waals surface area (Å²) in [6, 6.07) is 5.25. The molecule has 0 aromatic heterocycles. The summed E-state index contributed by atoms with van der Waals surface area (Å²) in [6.45, 7) is -0.0393. The lowest BCUT2D eigenvalue weighted by molar-refractivity contribution is -0.134. The molecule has 0 atom stereocenters. The van der Waals surface area contributed by atoms with E-state index in [2.05, 4.69) is 21.5 Å². The quantitative estimate of drug-likeness (QED) is 0.536. The van der Waals surface area contributed by atoms with Crippen molar-refractivity contribution in [1.29, 1.82) is 0 Å². The Kier molecular flexibility index (Phi) is 5.92. The van der Waals surface area contributed by atoms with Crippen LogP contribution in [0.1, 0.15) is 50.5 Å². The van der Waals surface area contributed by atoms with Crippen LogP contribution in [0.3, 0.4) is 0 Å². The monoisotopic (exact) mass is 416 g/mol. The van der Waals surface area contributed by atoms with Crippen LogP contribution in [0.25, 0.3) is 0 Å². The van der Waals surface area contributed by atoms with Crippen LogP contribution in [0.5, 0.6) is 0 Å². The average Bonchev–Trinajstić information content (AvgIpc) is 2.69. The van der Waals surface area contributed by atoms with E-state index in [4.69, 9.17) is 0 Å².